The van der Waals surface area contributed by atoms with Crippen molar-refractivity contribution in [3.63, 3.8) is 0 Å². The van der Waals surface area contributed by atoms with Gasteiger partial charge in [-0.25, -0.2) is 9.97 Å². The van der Waals surface area contributed by atoms with Crippen molar-refractivity contribution in [1.29, 1.82) is 0 Å². The number of anilines is 1. The number of hydrogen-bond donors (Lipinski definition) is 1. The molecule has 5 nitrogen and oxygen atoms in total. The predicted molar refractivity (Wildman–Crippen MR) is 52.0 cm³/mol. The van der Waals surface area contributed by atoms with Gasteiger partial charge in [0, 0.05) is 19.0 Å². The van der Waals surface area contributed by atoms with Gasteiger partial charge in [0.05, 0.1) is 18.1 Å². The van der Waals surface area contributed by atoms with Gasteiger partial charge in [0.1, 0.15) is 0 Å². The van der Waals surface area contributed by atoms with E-state index in [-0.39, 0.29) is 17.2 Å². The van der Waals surface area contributed by atoms with Crippen LogP contribution in [0, 0.1) is 0 Å². The molecule has 1 unspecified atom stereocenters. The molecule has 0 aliphatic carbocycles. The Kier molecular flexibility index (Phi) is 2.35. The van der Waals surface area contributed by atoms with Crippen LogP contribution in [0.1, 0.15) is 6.42 Å². The van der Waals surface area contributed by atoms with Gasteiger partial charge >= 0.3 is 0 Å². The number of hydrogen-bond acceptors (Lipinski definition) is 4. The van der Waals surface area contributed by atoms with Crippen molar-refractivity contribution < 1.29 is 4.79 Å². The maximum atomic E-state index is 11.4. The van der Waals surface area contributed by atoms with Crippen LogP contribution < -0.4 is 10.6 Å². The molecule has 1 aromatic rings. The SMILES string of the molecule is NC1CC(=O)N(c2cnc(Cl)nc2)C1. The van der Waals surface area contributed by atoms with Gasteiger partial charge in [0.25, 0.3) is 0 Å². The van der Waals surface area contributed by atoms with Gasteiger partial charge in [0.2, 0.25) is 11.2 Å². The van der Waals surface area contributed by atoms with E-state index in [1.807, 2.05) is 0 Å². The molecular weight excluding hydrogens is 204 g/mol. The maximum absolute atomic E-state index is 11.4. The third-order valence-corrected chi connectivity index (χ3v) is 2.27. The Hall–Kier alpha value is -1.20. The van der Waals surface area contributed by atoms with Crippen LogP contribution in [-0.2, 0) is 4.79 Å². The summed E-state index contributed by atoms with van der Waals surface area (Å²) < 4.78 is 0. The molecule has 0 bridgehead atoms. The van der Waals surface area contributed by atoms with Gasteiger partial charge < -0.3 is 10.6 Å². The smallest absolute Gasteiger partial charge is 0.228 e. The standard InChI is InChI=1S/C8H9ClN4O/c9-8-11-2-6(3-12-8)13-4-5(10)1-7(13)14/h2-3,5H,1,4,10H2. The van der Waals surface area contributed by atoms with Gasteiger partial charge in [-0.2, -0.15) is 0 Å². The van der Waals surface area contributed by atoms with Crippen molar-refractivity contribution in [2.24, 2.45) is 5.73 Å². The first-order valence-corrected chi connectivity index (χ1v) is 4.58. The van der Waals surface area contributed by atoms with Crippen molar-refractivity contribution in [2.45, 2.75) is 12.5 Å². The third-order valence-electron chi connectivity index (χ3n) is 2.07. The molecule has 1 saturated heterocycles. The summed E-state index contributed by atoms with van der Waals surface area (Å²) in [5.41, 5.74) is 6.30. The second kappa shape index (κ2) is 3.51. The number of nitrogens with two attached hydrogens (primary N) is 1. The highest BCUT2D eigenvalue weighted by atomic mass is 35.5. The molecule has 1 amide bonds. The van der Waals surface area contributed by atoms with Crippen LogP contribution in [0.4, 0.5) is 5.69 Å². The van der Waals surface area contributed by atoms with E-state index in [1.54, 1.807) is 4.90 Å². The van der Waals surface area contributed by atoms with Gasteiger partial charge in [-0.3, -0.25) is 4.79 Å². The minimum absolute atomic E-state index is 0.00317. The summed E-state index contributed by atoms with van der Waals surface area (Å²) in [7, 11) is 0. The van der Waals surface area contributed by atoms with Crippen LogP contribution in [-0.4, -0.2) is 28.5 Å². The Morgan fingerprint density at radius 1 is 1.50 bits per heavy atom. The minimum Gasteiger partial charge on any atom is -0.326 e. The van der Waals surface area contributed by atoms with E-state index in [1.165, 1.54) is 12.4 Å². The Morgan fingerprint density at radius 3 is 2.64 bits per heavy atom. The van der Waals surface area contributed by atoms with Crippen LogP contribution in [0.5, 0.6) is 0 Å². The van der Waals surface area contributed by atoms with Crippen LogP contribution >= 0.6 is 11.6 Å². The first kappa shape index (κ1) is 9.36. The second-order valence-electron chi connectivity index (χ2n) is 3.18. The molecule has 0 saturated carbocycles. The average molecular weight is 213 g/mol. The van der Waals surface area contributed by atoms with Crippen LogP contribution in [0.15, 0.2) is 12.4 Å². The highest BCUT2D eigenvalue weighted by Gasteiger charge is 2.28. The Morgan fingerprint density at radius 2 is 2.14 bits per heavy atom. The lowest BCUT2D eigenvalue weighted by Crippen LogP contribution is -2.28. The molecule has 0 radical (unpaired) electrons. The van der Waals surface area contributed by atoms with Crippen LogP contribution in [0.3, 0.4) is 0 Å². The van der Waals surface area contributed by atoms with Crippen molar-refractivity contribution in [2.75, 3.05) is 11.4 Å². The van der Waals surface area contributed by atoms with Crippen molar-refractivity contribution in [3.05, 3.63) is 17.7 Å². The molecule has 1 aromatic heterocycles. The number of halogens is 1. The summed E-state index contributed by atoms with van der Waals surface area (Å²) >= 11 is 5.53. The van der Waals surface area contributed by atoms with E-state index in [0.717, 1.165) is 0 Å². The molecule has 1 atom stereocenters. The number of rotatable bonds is 1. The topological polar surface area (TPSA) is 72.1 Å². The highest BCUT2D eigenvalue weighted by molar-refractivity contribution is 6.28. The Balaban J connectivity index is 2.23. The second-order valence-corrected chi connectivity index (χ2v) is 3.52. The summed E-state index contributed by atoms with van der Waals surface area (Å²) in [6, 6.07) is -0.0989. The molecule has 74 valence electrons. The van der Waals surface area contributed by atoms with Gasteiger partial charge in [0.15, 0.2) is 0 Å². The molecule has 6 heteroatoms. The summed E-state index contributed by atoms with van der Waals surface area (Å²) in [6.45, 7) is 0.518. The summed E-state index contributed by atoms with van der Waals surface area (Å²) in [5.74, 6) is 0.00317. The van der Waals surface area contributed by atoms with Crippen molar-refractivity contribution in [1.82, 2.24) is 9.97 Å². The molecule has 0 aromatic carbocycles. The van der Waals surface area contributed by atoms with E-state index in [2.05, 4.69) is 9.97 Å². The lowest BCUT2D eigenvalue weighted by molar-refractivity contribution is -0.117. The van der Waals surface area contributed by atoms with Crippen molar-refractivity contribution >= 4 is 23.2 Å². The summed E-state index contributed by atoms with van der Waals surface area (Å²) in [4.78, 5) is 20.6. The molecule has 0 spiro atoms. The number of aromatic nitrogens is 2. The zero-order chi connectivity index (χ0) is 10.1. The minimum atomic E-state index is -0.0989. The average Bonchev–Trinajstić information content (AvgIpc) is 2.47. The summed E-state index contributed by atoms with van der Waals surface area (Å²) in [5, 5.41) is 0.171. The first-order chi connectivity index (χ1) is 6.66. The molecule has 2 rings (SSSR count). The lowest BCUT2D eigenvalue weighted by Gasteiger charge is -2.14. The maximum Gasteiger partial charge on any atom is 0.228 e. The van der Waals surface area contributed by atoms with Gasteiger partial charge in [-0.05, 0) is 11.6 Å². The number of amides is 1. The summed E-state index contributed by atoms with van der Waals surface area (Å²) in [6.07, 6.45) is 3.42. The molecular formula is C8H9ClN4O. The van der Waals surface area contributed by atoms with Gasteiger partial charge in [-0.15, -0.1) is 0 Å². The Bertz CT molecular complexity index is 353. The monoisotopic (exact) mass is 212 g/mol. The zero-order valence-corrected chi connectivity index (χ0v) is 8.11. The first-order valence-electron chi connectivity index (χ1n) is 4.20. The number of carbonyl (C=O) groups excluding carboxylic acids is 1. The largest absolute Gasteiger partial charge is 0.326 e. The lowest BCUT2D eigenvalue weighted by atomic mass is 10.3. The molecule has 2 N–H and O–H groups in total. The quantitative estimate of drug-likeness (QED) is 0.675. The fourth-order valence-electron chi connectivity index (χ4n) is 1.43. The van der Waals surface area contributed by atoms with E-state index < -0.39 is 0 Å². The zero-order valence-electron chi connectivity index (χ0n) is 7.35. The molecule has 1 fully saturated rings. The fourth-order valence-corrected chi connectivity index (χ4v) is 1.53. The van der Waals surface area contributed by atoms with E-state index in [0.29, 0.717) is 18.7 Å². The number of carbonyl (C=O) groups is 1. The van der Waals surface area contributed by atoms with E-state index in [4.69, 9.17) is 17.3 Å². The molecule has 1 aliphatic heterocycles. The van der Waals surface area contributed by atoms with E-state index in [9.17, 15) is 4.79 Å². The van der Waals surface area contributed by atoms with Crippen LogP contribution in [0.25, 0.3) is 0 Å². The third kappa shape index (κ3) is 1.69. The van der Waals surface area contributed by atoms with Crippen LogP contribution in [0.2, 0.25) is 5.28 Å². The van der Waals surface area contributed by atoms with Gasteiger partial charge in [-0.1, -0.05) is 0 Å². The normalized spacial score (nSPS) is 21.7. The molecule has 1 aliphatic rings. The molecule has 2 heterocycles. The highest BCUT2D eigenvalue weighted by Crippen LogP contribution is 2.19. The predicted octanol–water partition coefficient (Wildman–Crippen LogP) is 0.194. The molecule has 14 heavy (non-hydrogen) atoms. The van der Waals surface area contributed by atoms with Crippen molar-refractivity contribution in [3.8, 4) is 0 Å². The number of nitrogens with zero attached hydrogens (tertiary/aromatic N) is 3. The fraction of sp³-hybridized carbons (Fsp3) is 0.375. The van der Waals surface area contributed by atoms with E-state index >= 15 is 0 Å². The Labute approximate surface area is 85.9 Å².